The summed E-state index contributed by atoms with van der Waals surface area (Å²) in [6.45, 7) is 2.04. The van der Waals surface area contributed by atoms with E-state index in [9.17, 15) is 4.79 Å². The molecule has 18 heavy (non-hydrogen) atoms. The van der Waals surface area contributed by atoms with Gasteiger partial charge >= 0.3 is 5.97 Å². The molecule has 0 aliphatic heterocycles. The number of rotatable bonds is 5. The predicted octanol–water partition coefficient (Wildman–Crippen LogP) is 1.20. The van der Waals surface area contributed by atoms with Crippen LogP contribution in [0, 0.1) is 11.3 Å². The minimum atomic E-state index is -0.416. The van der Waals surface area contributed by atoms with Crippen molar-refractivity contribution in [2.24, 2.45) is 10.8 Å². The smallest absolute Gasteiger partial charge is 0.313 e. The summed E-state index contributed by atoms with van der Waals surface area (Å²) in [6, 6.07) is 8.70. The van der Waals surface area contributed by atoms with E-state index in [0.717, 1.165) is 0 Å². The maximum absolute atomic E-state index is 11.1. The van der Waals surface area contributed by atoms with Crippen LogP contribution in [0.4, 0.5) is 5.69 Å². The van der Waals surface area contributed by atoms with Crippen LogP contribution in [0.2, 0.25) is 0 Å². The molecule has 0 aliphatic rings. The van der Waals surface area contributed by atoms with Crippen molar-refractivity contribution in [2.45, 2.75) is 13.3 Å². The van der Waals surface area contributed by atoms with Gasteiger partial charge in [-0.15, -0.1) is 0 Å². The van der Waals surface area contributed by atoms with Crippen molar-refractivity contribution in [3.8, 4) is 6.07 Å². The first-order valence-electron chi connectivity index (χ1n) is 5.39. The number of nitrogens with two attached hydrogens (primary N) is 1. The summed E-state index contributed by atoms with van der Waals surface area (Å²) in [4.78, 5) is 11.1. The molecule has 0 atom stereocenters. The lowest BCUT2D eigenvalue weighted by Crippen LogP contribution is -2.20. The Kier molecular flexibility index (Phi) is 5.19. The first-order valence-corrected chi connectivity index (χ1v) is 5.39. The number of nitrogens with one attached hydrogen (secondary N) is 1. The van der Waals surface area contributed by atoms with Crippen molar-refractivity contribution in [1.82, 2.24) is 0 Å². The SMILES string of the molecule is CCOC(=O)C/C(N)=N\Nc1ccc(C#N)cc1. The van der Waals surface area contributed by atoms with Gasteiger partial charge in [0.1, 0.15) is 12.3 Å². The van der Waals surface area contributed by atoms with E-state index in [4.69, 9.17) is 15.7 Å². The van der Waals surface area contributed by atoms with Crippen LogP contribution in [-0.4, -0.2) is 18.4 Å². The molecule has 3 N–H and O–H groups in total. The highest BCUT2D eigenvalue weighted by molar-refractivity contribution is 5.96. The summed E-state index contributed by atoms with van der Waals surface area (Å²) in [6.07, 6.45) is -0.0584. The molecule has 1 aromatic carbocycles. The summed E-state index contributed by atoms with van der Waals surface area (Å²) in [5.74, 6) is -0.279. The largest absolute Gasteiger partial charge is 0.466 e. The molecule has 6 nitrogen and oxygen atoms in total. The lowest BCUT2D eigenvalue weighted by Gasteiger charge is -2.03. The Hall–Kier alpha value is -2.55. The number of carbonyl (C=O) groups excluding carboxylic acids is 1. The Labute approximate surface area is 105 Å². The Morgan fingerprint density at radius 3 is 2.72 bits per heavy atom. The number of hydrogen-bond donors (Lipinski definition) is 2. The van der Waals surface area contributed by atoms with Gasteiger partial charge in [-0.25, -0.2) is 0 Å². The van der Waals surface area contributed by atoms with Gasteiger partial charge in [-0.1, -0.05) is 0 Å². The van der Waals surface area contributed by atoms with E-state index in [0.29, 0.717) is 17.9 Å². The Morgan fingerprint density at radius 2 is 2.17 bits per heavy atom. The first kappa shape index (κ1) is 13.5. The van der Waals surface area contributed by atoms with Crippen LogP contribution in [-0.2, 0) is 9.53 Å². The van der Waals surface area contributed by atoms with E-state index < -0.39 is 5.97 Å². The number of hydrazone groups is 1. The van der Waals surface area contributed by atoms with E-state index in [1.807, 2.05) is 6.07 Å². The molecule has 0 bridgehead atoms. The van der Waals surface area contributed by atoms with E-state index in [1.165, 1.54) is 0 Å². The van der Waals surface area contributed by atoms with Gasteiger partial charge in [0.05, 0.1) is 23.9 Å². The van der Waals surface area contributed by atoms with Crippen molar-refractivity contribution >= 4 is 17.5 Å². The zero-order valence-electron chi connectivity index (χ0n) is 10.0. The van der Waals surface area contributed by atoms with Gasteiger partial charge in [-0.2, -0.15) is 10.4 Å². The summed E-state index contributed by atoms with van der Waals surface area (Å²) in [5.41, 5.74) is 9.47. The topological polar surface area (TPSA) is 100 Å². The van der Waals surface area contributed by atoms with Gasteiger partial charge in [0.2, 0.25) is 0 Å². The first-order chi connectivity index (χ1) is 8.65. The van der Waals surface area contributed by atoms with Crippen molar-refractivity contribution in [2.75, 3.05) is 12.0 Å². The summed E-state index contributed by atoms with van der Waals surface area (Å²) in [7, 11) is 0. The van der Waals surface area contributed by atoms with E-state index >= 15 is 0 Å². The van der Waals surface area contributed by atoms with Gasteiger partial charge in [-0.05, 0) is 31.2 Å². The highest BCUT2D eigenvalue weighted by Crippen LogP contribution is 2.08. The number of nitrogens with zero attached hydrogens (tertiary/aromatic N) is 2. The normalized spacial score (nSPS) is 10.6. The molecule has 0 aromatic heterocycles. The van der Waals surface area contributed by atoms with Crippen LogP contribution in [0.25, 0.3) is 0 Å². The van der Waals surface area contributed by atoms with Crippen LogP contribution in [0.5, 0.6) is 0 Å². The molecule has 0 saturated heterocycles. The zero-order valence-corrected chi connectivity index (χ0v) is 10.0. The molecular weight excluding hydrogens is 232 g/mol. The molecule has 0 fully saturated rings. The summed E-state index contributed by atoms with van der Waals surface area (Å²) >= 11 is 0. The number of ether oxygens (including phenoxy) is 1. The van der Waals surface area contributed by atoms with Crippen LogP contribution < -0.4 is 11.2 Å². The fourth-order valence-electron chi connectivity index (χ4n) is 1.16. The molecule has 0 heterocycles. The number of anilines is 1. The highest BCUT2D eigenvalue weighted by atomic mass is 16.5. The number of carbonyl (C=O) groups is 1. The van der Waals surface area contributed by atoms with Gasteiger partial charge in [0.25, 0.3) is 0 Å². The van der Waals surface area contributed by atoms with Crippen LogP contribution in [0.3, 0.4) is 0 Å². The quantitative estimate of drug-likeness (QED) is 0.352. The lowest BCUT2D eigenvalue weighted by molar-refractivity contribution is -0.141. The average Bonchev–Trinajstić information content (AvgIpc) is 2.37. The van der Waals surface area contributed by atoms with Crippen molar-refractivity contribution in [3.63, 3.8) is 0 Å². The van der Waals surface area contributed by atoms with Crippen molar-refractivity contribution in [3.05, 3.63) is 29.8 Å². The van der Waals surface area contributed by atoms with Crippen LogP contribution >= 0.6 is 0 Å². The molecule has 1 rings (SSSR count). The second kappa shape index (κ2) is 6.91. The second-order valence-electron chi connectivity index (χ2n) is 3.39. The van der Waals surface area contributed by atoms with Gasteiger partial charge < -0.3 is 10.5 Å². The fourth-order valence-corrected chi connectivity index (χ4v) is 1.16. The summed E-state index contributed by atoms with van der Waals surface area (Å²) in [5, 5.41) is 12.5. The standard InChI is InChI=1S/C12H14N4O2/c1-2-18-12(17)7-11(14)16-15-10-5-3-9(8-13)4-6-10/h3-6,15H,2,7H2,1H3,(H2,14,16). The maximum Gasteiger partial charge on any atom is 0.313 e. The molecule has 0 spiro atoms. The van der Waals surface area contributed by atoms with Gasteiger partial charge in [0.15, 0.2) is 0 Å². The Balaban J connectivity index is 2.52. The van der Waals surface area contributed by atoms with Crippen LogP contribution in [0.1, 0.15) is 18.9 Å². The number of hydrogen-bond acceptors (Lipinski definition) is 5. The third-order valence-corrected chi connectivity index (χ3v) is 1.97. The molecule has 1 aromatic rings. The second-order valence-corrected chi connectivity index (χ2v) is 3.39. The molecule has 94 valence electrons. The monoisotopic (exact) mass is 246 g/mol. The van der Waals surface area contributed by atoms with E-state index in [-0.39, 0.29) is 12.3 Å². The minimum Gasteiger partial charge on any atom is -0.466 e. The highest BCUT2D eigenvalue weighted by Gasteiger charge is 2.04. The lowest BCUT2D eigenvalue weighted by atomic mass is 10.2. The Morgan fingerprint density at radius 1 is 1.50 bits per heavy atom. The molecule has 6 heteroatoms. The van der Waals surface area contributed by atoms with Crippen molar-refractivity contribution in [1.29, 1.82) is 5.26 Å². The van der Waals surface area contributed by atoms with Crippen LogP contribution in [0.15, 0.2) is 29.4 Å². The number of benzene rings is 1. The molecule has 0 radical (unpaired) electrons. The molecular formula is C12H14N4O2. The predicted molar refractivity (Wildman–Crippen MR) is 67.7 cm³/mol. The van der Waals surface area contributed by atoms with Gasteiger partial charge in [-0.3, -0.25) is 10.2 Å². The van der Waals surface area contributed by atoms with E-state index in [2.05, 4.69) is 10.5 Å². The number of nitriles is 1. The minimum absolute atomic E-state index is 0.0584. The Bertz CT molecular complexity index is 474. The molecule has 0 saturated carbocycles. The third-order valence-electron chi connectivity index (χ3n) is 1.97. The van der Waals surface area contributed by atoms with E-state index in [1.54, 1.807) is 31.2 Å². The number of esters is 1. The third kappa shape index (κ3) is 4.53. The molecule has 0 unspecified atom stereocenters. The number of amidine groups is 1. The zero-order chi connectivity index (χ0) is 13.4. The molecule has 0 amide bonds. The molecule has 0 aliphatic carbocycles. The fraction of sp³-hybridized carbons (Fsp3) is 0.250. The van der Waals surface area contributed by atoms with Crippen molar-refractivity contribution < 1.29 is 9.53 Å². The summed E-state index contributed by atoms with van der Waals surface area (Å²) < 4.78 is 4.73. The average molecular weight is 246 g/mol. The maximum atomic E-state index is 11.1. The van der Waals surface area contributed by atoms with Gasteiger partial charge in [0, 0.05) is 0 Å².